The van der Waals surface area contributed by atoms with Crippen molar-refractivity contribution in [3.8, 4) is 11.1 Å². The highest BCUT2D eigenvalue weighted by Crippen LogP contribution is 2.43. The van der Waals surface area contributed by atoms with Crippen molar-refractivity contribution in [1.82, 2.24) is 14.3 Å². The van der Waals surface area contributed by atoms with Gasteiger partial charge in [0, 0.05) is 30.9 Å². The number of sulfonamides is 1. The molecule has 1 saturated carbocycles. The van der Waals surface area contributed by atoms with Gasteiger partial charge >= 0.3 is 0 Å². The third-order valence-electron chi connectivity index (χ3n) is 5.79. The highest BCUT2D eigenvalue weighted by Gasteiger charge is 2.30. The molecular weight excluding hydrogens is 386 g/mol. The van der Waals surface area contributed by atoms with Crippen LogP contribution in [0, 0.1) is 0 Å². The molecule has 1 saturated heterocycles. The zero-order chi connectivity index (χ0) is 20.6. The van der Waals surface area contributed by atoms with Gasteiger partial charge in [-0.3, -0.25) is 0 Å². The van der Waals surface area contributed by atoms with Crippen LogP contribution in [0.1, 0.15) is 57.4 Å². The summed E-state index contributed by atoms with van der Waals surface area (Å²) in [5, 5.41) is 3.35. The molecule has 0 amide bonds. The summed E-state index contributed by atoms with van der Waals surface area (Å²) in [6.45, 7) is 5.30. The predicted octanol–water partition coefficient (Wildman–Crippen LogP) is 3.60. The van der Waals surface area contributed by atoms with Crippen LogP contribution in [0.15, 0.2) is 29.3 Å². The van der Waals surface area contributed by atoms with Crippen LogP contribution in [0.2, 0.25) is 0 Å². The van der Waals surface area contributed by atoms with Gasteiger partial charge in [-0.15, -0.1) is 0 Å². The number of hydrogen-bond acceptors (Lipinski definition) is 6. The Bertz CT molecular complexity index is 996. The second kappa shape index (κ2) is 7.91. The third kappa shape index (κ3) is 3.96. The number of aromatic nitrogens is 2. The smallest absolute Gasteiger partial charge is 0.243 e. The van der Waals surface area contributed by atoms with E-state index in [1.807, 2.05) is 26.0 Å². The Morgan fingerprint density at radius 3 is 2.48 bits per heavy atom. The maximum absolute atomic E-state index is 13.1. The van der Waals surface area contributed by atoms with E-state index in [-0.39, 0.29) is 12.0 Å². The quantitative estimate of drug-likeness (QED) is 0.747. The van der Waals surface area contributed by atoms with Crippen molar-refractivity contribution in [2.24, 2.45) is 0 Å². The molecule has 156 valence electrons. The lowest BCUT2D eigenvalue weighted by Gasteiger charge is -2.29. The molecule has 0 bridgehead atoms. The number of nitrogens with zero attached hydrogens (tertiary/aromatic N) is 3. The largest absolute Gasteiger partial charge is 0.368 e. The molecule has 2 heterocycles. The van der Waals surface area contributed by atoms with Crippen LogP contribution in [0.25, 0.3) is 11.1 Å². The maximum atomic E-state index is 13.1. The van der Waals surface area contributed by atoms with Gasteiger partial charge in [-0.2, -0.15) is 9.29 Å². The van der Waals surface area contributed by atoms with Gasteiger partial charge in [0.25, 0.3) is 0 Å². The van der Waals surface area contributed by atoms with Crippen molar-refractivity contribution in [2.45, 2.75) is 62.8 Å². The summed E-state index contributed by atoms with van der Waals surface area (Å²) in [4.78, 5) is 8.99. The van der Waals surface area contributed by atoms with Crippen molar-refractivity contribution in [1.29, 1.82) is 0 Å². The molecular formula is C21H29N5O2S. The molecule has 2 aliphatic rings. The Morgan fingerprint density at radius 1 is 1.14 bits per heavy atom. The normalized spacial score (nSPS) is 18.2. The predicted molar refractivity (Wildman–Crippen MR) is 115 cm³/mol. The van der Waals surface area contributed by atoms with Gasteiger partial charge in [-0.25, -0.2) is 13.4 Å². The van der Waals surface area contributed by atoms with Crippen LogP contribution >= 0.6 is 0 Å². The average molecular weight is 416 g/mol. The summed E-state index contributed by atoms with van der Waals surface area (Å²) < 4.78 is 27.8. The third-order valence-corrected chi connectivity index (χ3v) is 7.69. The summed E-state index contributed by atoms with van der Waals surface area (Å²) in [6.07, 6.45) is 6.91. The van der Waals surface area contributed by atoms with Gasteiger partial charge in [-0.1, -0.05) is 12.5 Å². The molecule has 0 radical (unpaired) electrons. The molecule has 3 N–H and O–H groups in total. The first-order valence-corrected chi connectivity index (χ1v) is 11.8. The zero-order valence-electron chi connectivity index (χ0n) is 17.1. The van der Waals surface area contributed by atoms with Gasteiger partial charge in [0.05, 0.1) is 4.90 Å². The Balaban J connectivity index is 1.81. The van der Waals surface area contributed by atoms with Crippen molar-refractivity contribution < 1.29 is 8.42 Å². The Kier molecular flexibility index (Phi) is 5.48. The van der Waals surface area contributed by atoms with E-state index in [2.05, 4.69) is 15.3 Å². The van der Waals surface area contributed by atoms with E-state index >= 15 is 0 Å². The fourth-order valence-corrected chi connectivity index (χ4v) is 5.61. The molecule has 1 aliphatic carbocycles. The van der Waals surface area contributed by atoms with E-state index in [9.17, 15) is 8.42 Å². The highest BCUT2D eigenvalue weighted by atomic mass is 32.2. The first kappa shape index (κ1) is 20.1. The first-order valence-electron chi connectivity index (χ1n) is 10.4. The van der Waals surface area contributed by atoms with Crippen molar-refractivity contribution in [3.63, 3.8) is 0 Å². The van der Waals surface area contributed by atoms with E-state index < -0.39 is 10.0 Å². The molecule has 2 fully saturated rings. The summed E-state index contributed by atoms with van der Waals surface area (Å²) in [6, 6.07) is 5.70. The number of anilines is 2. The van der Waals surface area contributed by atoms with E-state index in [1.54, 1.807) is 16.6 Å². The molecule has 2 aromatic rings. The van der Waals surface area contributed by atoms with Crippen LogP contribution in [0.5, 0.6) is 0 Å². The second-order valence-electron chi connectivity index (χ2n) is 8.28. The monoisotopic (exact) mass is 415 g/mol. The summed E-state index contributed by atoms with van der Waals surface area (Å²) >= 11 is 0. The van der Waals surface area contributed by atoms with E-state index in [1.165, 1.54) is 6.42 Å². The first-order chi connectivity index (χ1) is 13.9. The lowest BCUT2D eigenvalue weighted by Crippen LogP contribution is -2.28. The maximum Gasteiger partial charge on any atom is 0.243 e. The molecule has 7 nitrogen and oxygen atoms in total. The highest BCUT2D eigenvalue weighted by molar-refractivity contribution is 7.89. The van der Waals surface area contributed by atoms with E-state index in [0.717, 1.165) is 42.4 Å². The molecule has 1 aromatic heterocycles. The average Bonchev–Trinajstić information content (AvgIpc) is 3.16. The molecule has 4 rings (SSSR count). The molecule has 29 heavy (non-hydrogen) atoms. The van der Waals surface area contributed by atoms with Crippen LogP contribution in [-0.4, -0.2) is 41.8 Å². The number of hydrogen-bond donors (Lipinski definition) is 2. The van der Waals surface area contributed by atoms with Gasteiger partial charge in [0.15, 0.2) is 0 Å². The number of nitrogen functional groups attached to an aromatic ring is 1. The molecule has 8 heteroatoms. The Morgan fingerprint density at radius 2 is 1.86 bits per heavy atom. The molecule has 0 spiro atoms. The van der Waals surface area contributed by atoms with E-state index in [4.69, 9.17) is 5.73 Å². The number of benzene rings is 1. The number of rotatable bonds is 6. The number of nitrogens with two attached hydrogens (primary N) is 1. The summed E-state index contributed by atoms with van der Waals surface area (Å²) in [5.41, 5.74) is 8.73. The Hall–Kier alpha value is -2.19. The Labute approximate surface area is 172 Å². The lowest BCUT2D eigenvalue weighted by molar-refractivity contribution is 0.419. The minimum absolute atomic E-state index is 0.185. The molecule has 0 atom stereocenters. The lowest BCUT2D eigenvalue weighted by atomic mass is 9.77. The fraction of sp³-hybridized carbons (Fsp3) is 0.524. The SMILES string of the molecule is CC(C)Nc1nc(N)ncc1-c1ccc(S(=O)(=O)N2CCCC2)cc1C1CCC1. The summed E-state index contributed by atoms with van der Waals surface area (Å²) in [5.74, 6) is 1.27. The van der Waals surface area contributed by atoms with Crippen molar-refractivity contribution in [2.75, 3.05) is 24.1 Å². The van der Waals surface area contributed by atoms with Gasteiger partial charge < -0.3 is 11.1 Å². The van der Waals surface area contributed by atoms with Crippen LogP contribution in [0.4, 0.5) is 11.8 Å². The van der Waals surface area contributed by atoms with Crippen LogP contribution < -0.4 is 11.1 Å². The minimum Gasteiger partial charge on any atom is -0.368 e. The molecule has 0 unspecified atom stereocenters. The standard InChI is InChI=1S/C21H29N5O2S/c1-14(2)24-20-19(13-23-21(22)25-20)17-9-8-16(12-18(17)15-6-5-7-15)29(27,28)26-10-3-4-11-26/h8-9,12-15H,3-7,10-11H2,1-2H3,(H3,22,23,24,25). The minimum atomic E-state index is -3.45. The van der Waals surface area contributed by atoms with Crippen LogP contribution in [-0.2, 0) is 10.0 Å². The second-order valence-corrected chi connectivity index (χ2v) is 10.2. The topological polar surface area (TPSA) is 101 Å². The van der Waals surface area contributed by atoms with E-state index in [0.29, 0.717) is 29.7 Å². The van der Waals surface area contributed by atoms with Gasteiger partial charge in [0.1, 0.15) is 5.82 Å². The van der Waals surface area contributed by atoms with Crippen molar-refractivity contribution in [3.05, 3.63) is 30.0 Å². The molecule has 1 aromatic carbocycles. The number of nitrogens with one attached hydrogen (secondary N) is 1. The van der Waals surface area contributed by atoms with Crippen LogP contribution in [0.3, 0.4) is 0 Å². The summed E-state index contributed by atoms with van der Waals surface area (Å²) in [7, 11) is -3.45. The fourth-order valence-electron chi connectivity index (χ4n) is 4.06. The van der Waals surface area contributed by atoms with Gasteiger partial charge in [-0.05, 0) is 68.7 Å². The van der Waals surface area contributed by atoms with Crippen molar-refractivity contribution >= 4 is 21.8 Å². The zero-order valence-corrected chi connectivity index (χ0v) is 17.9. The van der Waals surface area contributed by atoms with Gasteiger partial charge in [0.2, 0.25) is 16.0 Å². The molecule has 1 aliphatic heterocycles.